The summed E-state index contributed by atoms with van der Waals surface area (Å²) in [5.74, 6) is -1.84. The molecule has 4 N–H and O–H groups in total. The predicted molar refractivity (Wildman–Crippen MR) is 88.4 cm³/mol. The van der Waals surface area contributed by atoms with Crippen LogP contribution in [0.25, 0.3) is 0 Å². The fourth-order valence-corrected chi connectivity index (χ4v) is 3.06. The number of H-pyrrole nitrogens is 1. The van der Waals surface area contributed by atoms with Crippen molar-refractivity contribution in [3.63, 3.8) is 0 Å². The van der Waals surface area contributed by atoms with Crippen LogP contribution >= 0.6 is 0 Å². The van der Waals surface area contributed by atoms with Crippen LogP contribution in [0.5, 0.6) is 0 Å². The SMILES string of the molecule is NC(=O)c1cc(C2CCCN(C(=O)c3cccc(C(=O)O)c3)C2)[nH]n1. The molecule has 0 spiro atoms. The number of amides is 2. The third-order valence-electron chi connectivity index (χ3n) is 4.36. The van der Waals surface area contributed by atoms with Crippen molar-refractivity contribution in [1.29, 1.82) is 0 Å². The number of hydrogen-bond donors (Lipinski definition) is 3. The Hall–Kier alpha value is -3.16. The second kappa shape index (κ2) is 6.76. The molecule has 0 radical (unpaired) electrons. The molecule has 0 aliphatic carbocycles. The number of carboxylic acid groups (broad SMARTS) is 1. The van der Waals surface area contributed by atoms with E-state index >= 15 is 0 Å². The van der Waals surface area contributed by atoms with Gasteiger partial charge in [-0.1, -0.05) is 6.07 Å². The highest BCUT2D eigenvalue weighted by Gasteiger charge is 2.27. The Morgan fingerprint density at radius 3 is 2.68 bits per heavy atom. The number of primary amides is 1. The summed E-state index contributed by atoms with van der Waals surface area (Å²) in [4.78, 5) is 36.6. The van der Waals surface area contributed by atoms with Crippen LogP contribution in [0.2, 0.25) is 0 Å². The number of aromatic nitrogens is 2. The van der Waals surface area contributed by atoms with Gasteiger partial charge in [0.2, 0.25) is 0 Å². The van der Waals surface area contributed by atoms with Gasteiger partial charge in [0.25, 0.3) is 11.8 Å². The summed E-state index contributed by atoms with van der Waals surface area (Å²) in [7, 11) is 0. The van der Waals surface area contributed by atoms with Crippen molar-refractivity contribution in [3.8, 4) is 0 Å². The van der Waals surface area contributed by atoms with E-state index in [0.29, 0.717) is 18.7 Å². The number of rotatable bonds is 4. The van der Waals surface area contributed by atoms with Crippen molar-refractivity contribution >= 4 is 17.8 Å². The Balaban J connectivity index is 1.76. The monoisotopic (exact) mass is 342 g/mol. The minimum Gasteiger partial charge on any atom is -0.478 e. The number of carbonyl (C=O) groups is 3. The lowest BCUT2D eigenvalue weighted by Crippen LogP contribution is -2.39. The maximum Gasteiger partial charge on any atom is 0.335 e. The van der Waals surface area contributed by atoms with Crippen molar-refractivity contribution < 1.29 is 19.5 Å². The summed E-state index contributed by atoms with van der Waals surface area (Å²) in [5, 5.41) is 15.8. The molecule has 1 atom stereocenters. The molecule has 2 amide bonds. The predicted octanol–water partition coefficient (Wildman–Crippen LogP) is 1.23. The zero-order chi connectivity index (χ0) is 18.0. The average molecular weight is 342 g/mol. The molecule has 2 aromatic rings. The first-order chi connectivity index (χ1) is 12.0. The molecule has 1 aliphatic rings. The van der Waals surface area contributed by atoms with Crippen LogP contribution in [0.15, 0.2) is 30.3 Å². The summed E-state index contributed by atoms with van der Waals surface area (Å²) >= 11 is 0. The third-order valence-corrected chi connectivity index (χ3v) is 4.36. The van der Waals surface area contributed by atoms with Gasteiger partial charge in [-0.2, -0.15) is 5.10 Å². The molecule has 1 aromatic heterocycles. The van der Waals surface area contributed by atoms with Gasteiger partial charge in [0.15, 0.2) is 0 Å². The number of piperidine rings is 1. The van der Waals surface area contributed by atoms with Gasteiger partial charge in [0, 0.05) is 30.3 Å². The molecule has 8 nitrogen and oxygen atoms in total. The van der Waals surface area contributed by atoms with E-state index in [1.165, 1.54) is 12.1 Å². The van der Waals surface area contributed by atoms with E-state index in [-0.39, 0.29) is 23.1 Å². The molecule has 3 rings (SSSR count). The summed E-state index contributed by atoms with van der Waals surface area (Å²) in [6, 6.07) is 7.63. The van der Waals surface area contributed by atoms with E-state index in [1.54, 1.807) is 23.1 Å². The second-order valence-corrected chi connectivity index (χ2v) is 6.05. The van der Waals surface area contributed by atoms with E-state index in [1.807, 2.05) is 0 Å². The van der Waals surface area contributed by atoms with Crippen LogP contribution in [-0.2, 0) is 0 Å². The standard InChI is InChI=1S/C17H18N4O4/c18-15(22)14-8-13(19-20-14)12-5-2-6-21(9-12)16(23)10-3-1-4-11(7-10)17(24)25/h1,3-4,7-8,12H,2,5-6,9H2,(H2,18,22)(H,19,20)(H,24,25). The normalized spacial score (nSPS) is 17.3. The molecule has 1 saturated heterocycles. The largest absolute Gasteiger partial charge is 0.478 e. The Labute approximate surface area is 143 Å². The summed E-state index contributed by atoms with van der Waals surface area (Å²) < 4.78 is 0. The molecule has 1 unspecified atom stereocenters. The van der Waals surface area contributed by atoms with Crippen LogP contribution < -0.4 is 5.73 Å². The Bertz CT molecular complexity index is 830. The maximum absolute atomic E-state index is 12.7. The van der Waals surface area contributed by atoms with E-state index in [0.717, 1.165) is 18.5 Å². The minimum absolute atomic E-state index is 0.0287. The maximum atomic E-state index is 12.7. The molecule has 1 fully saturated rings. The minimum atomic E-state index is -1.07. The van der Waals surface area contributed by atoms with Gasteiger partial charge in [-0.05, 0) is 37.1 Å². The number of likely N-dealkylation sites (tertiary alicyclic amines) is 1. The highest BCUT2D eigenvalue weighted by Crippen LogP contribution is 2.27. The number of carbonyl (C=O) groups excluding carboxylic acids is 2. The van der Waals surface area contributed by atoms with Crippen molar-refractivity contribution in [3.05, 3.63) is 52.8 Å². The van der Waals surface area contributed by atoms with Gasteiger partial charge in [-0.3, -0.25) is 14.7 Å². The Morgan fingerprint density at radius 1 is 1.24 bits per heavy atom. The quantitative estimate of drug-likeness (QED) is 0.769. The molecular weight excluding hydrogens is 324 g/mol. The van der Waals surface area contributed by atoms with Crippen LogP contribution in [-0.4, -0.2) is 51.1 Å². The molecule has 8 heteroatoms. The van der Waals surface area contributed by atoms with Crippen LogP contribution in [0.3, 0.4) is 0 Å². The number of carboxylic acids is 1. The molecule has 1 aliphatic heterocycles. The van der Waals surface area contributed by atoms with Gasteiger partial charge in [0.05, 0.1) is 5.56 Å². The summed E-state index contributed by atoms with van der Waals surface area (Å²) in [6.07, 6.45) is 1.67. The van der Waals surface area contributed by atoms with Crippen molar-refractivity contribution in [2.45, 2.75) is 18.8 Å². The number of nitrogens with zero attached hydrogens (tertiary/aromatic N) is 2. The fourth-order valence-electron chi connectivity index (χ4n) is 3.06. The molecule has 25 heavy (non-hydrogen) atoms. The van der Waals surface area contributed by atoms with Gasteiger partial charge in [-0.25, -0.2) is 4.79 Å². The number of aromatic carboxylic acids is 1. The first-order valence-electron chi connectivity index (χ1n) is 7.93. The average Bonchev–Trinajstić information content (AvgIpc) is 3.12. The summed E-state index contributed by atoms with van der Waals surface area (Å²) in [5.41, 5.74) is 6.59. The topological polar surface area (TPSA) is 129 Å². The van der Waals surface area contributed by atoms with Crippen molar-refractivity contribution in [1.82, 2.24) is 15.1 Å². The molecule has 1 aromatic carbocycles. The van der Waals surface area contributed by atoms with Gasteiger partial charge < -0.3 is 15.7 Å². The van der Waals surface area contributed by atoms with E-state index in [2.05, 4.69) is 10.2 Å². The number of benzene rings is 1. The number of aromatic amines is 1. The van der Waals surface area contributed by atoms with Crippen LogP contribution in [0.1, 0.15) is 55.7 Å². The van der Waals surface area contributed by atoms with E-state index < -0.39 is 11.9 Å². The molecule has 2 heterocycles. The van der Waals surface area contributed by atoms with Gasteiger partial charge in [0.1, 0.15) is 5.69 Å². The Morgan fingerprint density at radius 2 is 2.00 bits per heavy atom. The number of hydrogen-bond acceptors (Lipinski definition) is 4. The third kappa shape index (κ3) is 3.52. The fraction of sp³-hybridized carbons (Fsp3) is 0.294. The van der Waals surface area contributed by atoms with Gasteiger partial charge in [-0.15, -0.1) is 0 Å². The van der Waals surface area contributed by atoms with Crippen LogP contribution in [0.4, 0.5) is 0 Å². The summed E-state index contributed by atoms with van der Waals surface area (Å²) in [6.45, 7) is 1.07. The lowest BCUT2D eigenvalue weighted by atomic mass is 9.94. The number of nitrogens with one attached hydrogen (secondary N) is 1. The van der Waals surface area contributed by atoms with E-state index in [4.69, 9.17) is 10.8 Å². The zero-order valence-corrected chi connectivity index (χ0v) is 13.4. The molecule has 130 valence electrons. The number of nitrogens with two attached hydrogens (primary N) is 1. The Kier molecular flexibility index (Phi) is 4.51. The molecule has 0 bridgehead atoms. The van der Waals surface area contributed by atoms with Crippen molar-refractivity contribution in [2.75, 3.05) is 13.1 Å². The highest BCUT2D eigenvalue weighted by atomic mass is 16.4. The molecule has 0 saturated carbocycles. The van der Waals surface area contributed by atoms with Crippen molar-refractivity contribution in [2.24, 2.45) is 5.73 Å². The second-order valence-electron chi connectivity index (χ2n) is 6.05. The zero-order valence-electron chi connectivity index (χ0n) is 13.4. The van der Waals surface area contributed by atoms with E-state index in [9.17, 15) is 14.4 Å². The first-order valence-corrected chi connectivity index (χ1v) is 7.93. The van der Waals surface area contributed by atoms with Crippen LogP contribution in [0, 0.1) is 0 Å². The smallest absolute Gasteiger partial charge is 0.335 e. The highest BCUT2D eigenvalue weighted by molar-refractivity contribution is 5.97. The first kappa shape index (κ1) is 16.7. The lowest BCUT2D eigenvalue weighted by Gasteiger charge is -2.32. The van der Waals surface area contributed by atoms with Gasteiger partial charge >= 0.3 is 5.97 Å². The molecular formula is C17H18N4O4. The lowest BCUT2D eigenvalue weighted by molar-refractivity contribution is 0.0696.